The first-order chi connectivity index (χ1) is 9.69. The number of nitrogens with zero attached hydrogens (tertiary/aromatic N) is 1. The van der Waals surface area contributed by atoms with Crippen molar-refractivity contribution in [1.29, 1.82) is 0 Å². The van der Waals surface area contributed by atoms with Gasteiger partial charge in [-0.3, -0.25) is 4.79 Å². The second-order valence-electron chi connectivity index (χ2n) is 4.99. The van der Waals surface area contributed by atoms with E-state index in [2.05, 4.69) is 0 Å². The minimum Gasteiger partial charge on any atom is -0.478 e. The van der Waals surface area contributed by atoms with Crippen LogP contribution < -0.4 is 0 Å². The highest BCUT2D eigenvalue weighted by Gasteiger charge is 2.11. The number of carboxylic acid groups (broad SMARTS) is 1. The normalized spacial score (nSPS) is 11.1. The van der Waals surface area contributed by atoms with E-state index in [0.717, 1.165) is 11.8 Å². The predicted octanol–water partition coefficient (Wildman–Crippen LogP) is 1.17. The van der Waals surface area contributed by atoms with Gasteiger partial charge in [0, 0.05) is 26.3 Å². The smallest absolute Gasteiger partial charge is 0.335 e. The largest absolute Gasteiger partial charge is 0.478 e. The Balaban J connectivity index is 2.50. The summed E-state index contributed by atoms with van der Waals surface area (Å²) < 4.78 is 22.0. The van der Waals surface area contributed by atoms with Crippen molar-refractivity contribution in [2.24, 2.45) is 0 Å². The molecular weight excluding hydrogens is 294 g/mol. The first-order valence-corrected chi connectivity index (χ1v) is 8.49. The molecule has 6 nitrogen and oxygen atoms in total. The summed E-state index contributed by atoms with van der Waals surface area (Å²) in [4.78, 5) is 24.1. The second kappa shape index (κ2) is 7.21. The number of amides is 1. The van der Waals surface area contributed by atoms with E-state index in [9.17, 15) is 18.0 Å². The molecule has 0 fully saturated rings. The highest BCUT2D eigenvalue weighted by molar-refractivity contribution is 7.90. The van der Waals surface area contributed by atoms with Crippen molar-refractivity contribution in [1.82, 2.24) is 4.90 Å². The van der Waals surface area contributed by atoms with Crippen molar-refractivity contribution in [3.63, 3.8) is 0 Å². The third-order valence-electron chi connectivity index (χ3n) is 2.95. The van der Waals surface area contributed by atoms with Crippen LogP contribution in [0.25, 0.3) is 0 Å². The number of hydrogen-bond acceptors (Lipinski definition) is 4. The van der Waals surface area contributed by atoms with E-state index >= 15 is 0 Å². The van der Waals surface area contributed by atoms with Crippen LogP contribution in [0.3, 0.4) is 0 Å². The maximum Gasteiger partial charge on any atom is 0.335 e. The Kier molecular flexibility index (Phi) is 5.90. The third-order valence-corrected chi connectivity index (χ3v) is 3.98. The Hall–Kier alpha value is -1.89. The number of benzene rings is 1. The zero-order valence-corrected chi connectivity index (χ0v) is 12.9. The number of aromatic carboxylic acids is 1. The van der Waals surface area contributed by atoms with Crippen LogP contribution >= 0.6 is 0 Å². The van der Waals surface area contributed by atoms with Gasteiger partial charge < -0.3 is 10.0 Å². The summed E-state index contributed by atoms with van der Waals surface area (Å²) in [5.74, 6) is -1.13. The van der Waals surface area contributed by atoms with Gasteiger partial charge in [-0.1, -0.05) is 12.1 Å². The average molecular weight is 313 g/mol. The number of carbonyl (C=O) groups excluding carboxylic acids is 1. The molecule has 1 amide bonds. The molecule has 1 aromatic carbocycles. The fourth-order valence-corrected chi connectivity index (χ4v) is 2.46. The maximum absolute atomic E-state index is 11.8. The number of rotatable bonds is 7. The lowest BCUT2D eigenvalue weighted by atomic mass is 10.1. The van der Waals surface area contributed by atoms with Gasteiger partial charge in [0.05, 0.1) is 11.3 Å². The van der Waals surface area contributed by atoms with Gasteiger partial charge in [-0.2, -0.15) is 0 Å². The van der Waals surface area contributed by atoms with Crippen molar-refractivity contribution in [2.45, 2.75) is 19.4 Å². The van der Waals surface area contributed by atoms with E-state index in [4.69, 9.17) is 5.11 Å². The Morgan fingerprint density at radius 3 is 2.24 bits per heavy atom. The Morgan fingerprint density at radius 2 is 1.76 bits per heavy atom. The molecule has 0 saturated heterocycles. The zero-order chi connectivity index (χ0) is 16.0. The summed E-state index contributed by atoms with van der Waals surface area (Å²) in [5, 5.41) is 8.80. The quantitative estimate of drug-likeness (QED) is 0.816. The van der Waals surface area contributed by atoms with Crippen LogP contribution in [0.5, 0.6) is 0 Å². The maximum atomic E-state index is 11.8. The van der Waals surface area contributed by atoms with Crippen molar-refractivity contribution in [2.75, 3.05) is 19.1 Å². The van der Waals surface area contributed by atoms with Crippen LogP contribution in [-0.4, -0.2) is 49.4 Å². The van der Waals surface area contributed by atoms with Gasteiger partial charge in [0.1, 0.15) is 9.84 Å². The zero-order valence-electron chi connectivity index (χ0n) is 12.1. The summed E-state index contributed by atoms with van der Waals surface area (Å²) in [6.45, 7) is 0.359. The SMILES string of the molecule is CN(Cc1ccc(C(=O)O)cc1)C(=O)CCCS(C)(=O)=O. The first-order valence-electron chi connectivity index (χ1n) is 6.43. The summed E-state index contributed by atoms with van der Waals surface area (Å²) in [5.41, 5.74) is 1.01. The molecule has 116 valence electrons. The van der Waals surface area contributed by atoms with Gasteiger partial charge in [-0.25, -0.2) is 13.2 Å². The molecule has 0 unspecified atom stereocenters. The first kappa shape index (κ1) is 17.2. The molecule has 0 aliphatic rings. The topological polar surface area (TPSA) is 91.8 Å². The van der Waals surface area contributed by atoms with E-state index in [1.54, 1.807) is 19.2 Å². The molecule has 0 spiro atoms. The van der Waals surface area contributed by atoms with Gasteiger partial charge in [0.25, 0.3) is 0 Å². The molecule has 1 N–H and O–H groups in total. The minimum absolute atomic E-state index is 0.000111. The predicted molar refractivity (Wildman–Crippen MR) is 78.8 cm³/mol. The van der Waals surface area contributed by atoms with Crippen LogP contribution in [0.1, 0.15) is 28.8 Å². The second-order valence-corrected chi connectivity index (χ2v) is 7.25. The molecule has 0 radical (unpaired) electrons. The monoisotopic (exact) mass is 313 g/mol. The third kappa shape index (κ3) is 6.40. The molecule has 0 atom stereocenters. The van der Waals surface area contributed by atoms with Crippen LogP contribution in [0.15, 0.2) is 24.3 Å². The lowest BCUT2D eigenvalue weighted by Gasteiger charge is -2.17. The van der Waals surface area contributed by atoms with Gasteiger partial charge in [-0.15, -0.1) is 0 Å². The molecule has 21 heavy (non-hydrogen) atoms. The molecule has 1 aromatic rings. The summed E-state index contributed by atoms with van der Waals surface area (Å²) in [7, 11) is -1.41. The van der Waals surface area contributed by atoms with Crippen LogP contribution in [-0.2, 0) is 21.2 Å². The molecule has 0 heterocycles. The molecule has 0 aromatic heterocycles. The Morgan fingerprint density at radius 1 is 1.19 bits per heavy atom. The van der Waals surface area contributed by atoms with Gasteiger partial charge in [0.15, 0.2) is 0 Å². The number of carbonyl (C=O) groups is 2. The molecule has 1 rings (SSSR count). The van der Waals surface area contributed by atoms with Crippen LogP contribution in [0, 0.1) is 0 Å². The van der Waals surface area contributed by atoms with Gasteiger partial charge in [-0.05, 0) is 24.1 Å². The van der Waals surface area contributed by atoms with E-state index in [1.807, 2.05) is 0 Å². The van der Waals surface area contributed by atoms with Crippen molar-refractivity contribution >= 4 is 21.7 Å². The standard InChI is InChI=1S/C14H19NO5S/c1-15(13(16)4-3-9-21(2,19)20)10-11-5-7-12(8-6-11)14(17)18/h5-8H,3-4,9-10H2,1-2H3,(H,17,18). The molecule has 0 aliphatic heterocycles. The van der Waals surface area contributed by atoms with Crippen LogP contribution in [0.2, 0.25) is 0 Å². The lowest BCUT2D eigenvalue weighted by molar-refractivity contribution is -0.130. The molecule has 0 bridgehead atoms. The van der Waals surface area contributed by atoms with Crippen molar-refractivity contribution in [3.8, 4) is 0 Å². The number of carboxylic acids is 1. The molecular formula is C14H19NO5S. The van der Waals surface area contributed by atoms with E-state index in [0.29, 0.717) is 13.0 Å². The highest BCUT2D eigenvalue weighted by Crippen LogP contribution is 2.08. The summed E-state index contributed by atoms with van der Waals surface area (Å²) >= 11 is 0. The highest BCUT2D eigenvalue weighted by atomic mass is 32.2. The van der Waals surface area contributed by atoms with Gasteiger partial charge >= 0.3 is 5.97 Å². The number of sulfone groups is 1. The van der Waals surface area contributed by atoms with E-state index < -0.39 is 15.8 Å². The van der Waals surface area contributed by atoms with Crippen LogP contribution in [0.4, 0.5) is 0 Å². The van der Waals surface area contributed by atoms with Crippen molar-refractivity contribution < 1.29 is 23.1 Å². The minimum atomic E-state index is -3.04. The number of hydrogen-bond donors (Lipinski definition) is 1. The fraction of sp³-hybridized carbons (Fsp3) is 0.429. The summed E-state index contributed by atoms with van der Waals surface area (Å²) in [6, 6.07) is 6.28. The average Bonchev–Trinajstić information content (AvgIpc) is 2.37. The Labute approximate surface area is 124 Å². The molecule has 0 aliphatic carbocycles. The molecule has 7 heteroatoms. The van der Waals surface area contributed by atoms with Crippen molar-refractivity contribution in [3.05, 3.63) is 35.4 Å². The van der Waals surface area contributed by atoms with Gasteiger partial charge in [0.2, 0.25) is 5.91 Å². The Bertz CT molecular complexity index is 607. The van der Waals surface area contributed by atoms with E-state index in [1.165, 1.54) is 17.0 Å². The van der Waals surface area contributed by atoms with E-state index in [-0.39, 0.29) is 23.6 Å². The molecule has 0 saturated carbocycles. The summed E-state index contributed by atoms with van der Waals surface area (Å²) in [6.07, 6.45) is 1.63. The fourth-order valence-electron chi connectivity index (χ4n) is 1.79. The lowest BCUT2D eigenvalue weighted by Crippen LogP contribution is -2.26.